The lowest BCUT2D eigenvalue weighted by Crippen LogP contribution is -2.32. The second-order valence-corrected chi connectivity index (χ2v) is 2.61. The fourth-order valence-electron chi connectivity index (χ4n) is 0.723. The number of carbonyl (C=O) groups is 2. The highest BCUT2D eigenvalue weighted by molar-refractivity contribution is 5.80. The lowest BCUT2D eigenvalue weighted by molar-refractivity contribution is -0.131. The van der Waals surface area contributed by atoms with Crippen molar-refractivity contribution in [2.45, 2.75) is 6.92 Å². The molecule has 0 aromatic heterocycles. The normalized spacial score (nSPS) is 11.1. The molecule has 0 aliphatic carbocycles. The molecule has 74 valence electrons. The summed E-state index contributed by atoms with van der Waals surface area (Å²) in [5.41, 5.74) is 0.677. The molecule has 5 nitrogen and oxygen atoms in total. The smallest absolute Gasteiger partial charge is 0.328 e. The van der Waals surface area contributed by atoms with Crippen molar-refractivity contribution in [3.8, 4) is 0 Å². The molecule has 1 amide bonds. The van der Waals surface area contributed by atoms with E-state index in [4.69, 9.17) is 5.11 Å². The second-order valence-electron chi connectivity index (χ2n) is 2.61. The van der Waals surface area contributed by atoms with Gasteiger partial charge in [-0.05, 0) is 6.92 Å². The van der Waals surface area contributed by atoms with Crippen LogP contribution in [0.15, 0.2) is 11.6 Å². The first kappa shape index (κ1) is 11.6. The van der Waals surface area contributed by atoms with Crippen LogP contribution in [0.5, 0.6) is 0 Å². The van der Waals surface area contributed by atoms with Gasteiger partial charge < -0.3 is 15.7 Å². The predicted octanol–water partition coefficient (Wildman–Crippen LogP) is -0.647. The molecular formula is C8H14N2O3. The number of carboxylic acids is 1. The van der Waals surface area contributed by atoms with Crippen LogP contribution in [0.1, 0.15) is 6.92 Å². The average Bonchev–Trinajstić information content (AvgIpc) is 2.02. The van der Waals surface area contributed by atoms with E-state index in [0.717, 1.165) is 6.08 Å². The predicted molar refractivity (Wildman–Crippen MR) is 48.3 cm³/mol. The first-order chi connectivity index (χ1) is 6.06. The molecule has 0 fully saturated rings. The van der Waals surface area contributed by atoms with Crippen LogP contribution in [0.2, 0.25) is 0 Å². The first-order valence-electron chi connectivity index (χ1n) is 3.87. The van der Waals surface area contributed by atoms with E-state index in [0.29, 0.717) is 12.1 Å². The number of hydrogen-bond donors (Lipinski definition) is 3. The maximum absolute atomic E-state index is 10.7. The van der Waals surface area contributed by atoms with Gasteiger partial charge >= 0.3 is 5.97 Å². The molecule has 0 saturated heterocycles. The summed E-state index contributed by atoms with van der Waals surface area (Å²) in [4.78, 5) is 20.9. The largest absolute Gasteiger partial charge is 0.478 e. The lowest BCUT2D eigenvalue weighted by Gasteiger charge is -2.02. The number of rotatable bonds is 5. The number of carbonyl (C=O) groups excluding carboxylic acids is 1. The molecule has 0 heterocycles. The summed E-state index contributed by atoms with van der Waals surface area (Å²) in [6.45, 7) is 2.28. The van der Waals surface area contributed by atoms with Gasteiger partial charge in [0.05, 0.1) is 6.54 Å². The van der Waals surface area contributed by atoms with Gasteiger partial charge in [-0.1, -0.05) is 5.57 Å². The summed E-state index contributed by atoms with van der Waals surface area (Å²) in [7, 11) is 1.55. The number of nitrogens with one attached hydrogen (secondary N) is 2. The van der Waals surface area contributed by atoms with E-state index in [2.05, 4.69) is 10.6 Å². The topological polar surface area (TPSA) is 78.4 Å². The number of likely N-dealkylation sites (N-methyl/N-ethyl adjacent to an activating group) is 1. The number of hydrogen-bond acceptors (Lipinski definition) is 3. The minimum absolute atomic E-state index is 0.122. The molecule has 0 radical (unpaired) electrons. The standard InChI is InChI=1S/C8H14N2O3/c1-6(3-8(12)13)4-10-5-7(11)9-2/h3,10H,4-5H2,1-2H3,(H,9,11)(H,12,13). The van der Waals surface area contributed by atoms with Crippen molar-refractivity contribution in [3.63, 3.8) is 0 Å². The van der Waals surface area contributed by atoms with Gasteiger partial charge in [0.1, 0.15) is 0 Å². The highest BCUT2D eigenvalue weighted by atomic mass is 16.4. The Morgan fingerprint density at radius 3 is 2.46 bits per heavy atom. The summed E-state index contributed by atoms with van der Waals surface area (Å²) < 4.78 is 0. The van der Waals surface area contributed by atoms with Crippen molar-refractivity contribution in [1.82, 2.24) is 10.6 Å². The zero-order valence-electron chi connectivity index (χ0n) is 7.76. The highest BCUT2D eigenvalue weighted by Crippen LogP contribution is 1.88. The van der Waals surface area contributed by atoms with Crippen LogP contribution in [0.3, 0.4) is 0 Å². The van der Waals surface area contributed by atoms with Gasteiger partial charge in [0.15, 0.2) is 0 Å². The Bertz CT molecular complexity index is 223. The fraction of sp³-hybridized carbons (Fsp3) is 0.500. The monoisotopic (exact) mass is 186 g/mol. The van der Waals surface area contributed by atoms with E-state index >= 15 is 0 Å². The summed E-state index contributed by atoms with van der Waals surface area (Å²) in [5.74, 6) is -1.10. The molecule has 0 aliphatic rings. The van der Waals surface area contributed by atoms with E-state index < -0.39 is 5.97 Å². The van der Waals surface area contributed by atoms with E-state index in [1.807, 2.05) is 0 Å². The molecule has 0 atom stereocenters. The van der Waals surface area contributed by atoms with Crippen LogP contribution in [-0.4, -0.2) is 37.1 Å². The Morgan fingerprint density at radius 1 is 1.38 bits per heavy atom. The lowest BCUT2D eigenvalue weighted by atomic mass is 10.3. The molecule has 0 unspecified atom stereocenters. The molecule has 0 aliphatic heterocycles. The van der Waals surface area contributed by atoms with Gasteiger partial charge in [0.2, 0.25) is 5.91 Å². The van der Waals surface area contributed by atoms with Crippen LogP contribution in [0, 0.1) is 0 Å². The number of amides is 1. The second kappa shape index (κ2) is 6.19. The Labute approximate surface area is 76.8 Å². The number of aliphatic carboxylic acids is 1. The first-order valence-corrected chi connectivity index (χ1v) is 3.87. The Kier molecular flexibility index (Phi) is 5.54. The Hall–Kier alpha value is -1.36. The van der Waals surface area contributed by atoms with Gasteiger partial charge in [-0.3, -0.25) is 4.79 Å². The minimum Gasteiger partial charge on any atom is -0.478 e. The van der Waals surface area contributed by atoms with E-state index in [9.17, 15) is 9.59 Å². The third-order valence-corrected chi connectivity index (χ3v) is 1.34. The Balaban J connectivity index is 3.65. The van der Waals surface area contributed by atoms with Crippen molar-refractivity contribution in [3.05, 3.63) is 11.6 Å². The van der Waals surface area contributed by atoms with Crippen LogP contribution in [0.25, 0.3) is 0 Å². The maximum atomic E-state index is 10.7. The van der Waals surface area contributed by atoms with Crippen molar-refractivity contribution in [2.75, 3.05) is 20.1 Å². The molecule has 0 bridgehead atoms. The summed E-state index contributed by atoms with van der Waals surface area (Å²) >= 11 is 0. The quantitative estimate of drug-likeness (QED) is 0.499. The number of carboxylic acid groups (broad SMARTS) is 1. The van der Waals surface area contributed by atoms with Crippen molar-refractivity contribution in [1.29, 1.82) is 0 Å². The van der Waals surface area contributed by atoms with E-state index in [1.54, 1.807) is 14.0 Å². The zero-order valence-corrected chi connectivity index (χ0v) is 7.76. The van der Waals surface area contributed by atoms with Gasteiger partial charge in [0, 0.05) is 19.7 Å². The maximum Gasteiger partial charge on any atom is 0.328 e. The molecule has 0 aromatic carbocycles. The summed E-state index contributed by atoms with van der Waals surface area (Å²) in [5, 5.41) is 13.6. The molecule has 13 heavy (non-hydrogen) atoms. The van der Waals surface area contributed by atoms with Crippen molar-refractivity contribution >= 4 is 11.9 Å². The zero-order chi connectivity index (χ0) is 10.3. The van der Waals surface area contributed by atoms with Crippen LogP contribution in [-0.2, 0) is 9.59 Å². The van der Waals surface area contributed by atoms with E-state index in [-0.39, 0.29) is 12.5 Å². The van der Waals surface area contributed by atoms with Crippen molar-refractivity contribution in [2.24, 2.45) is 0 Å². The van der Waals surface area contributed by atoms with E-state index in [1.165, 1.54) is 0 Å². The van der Waals surface area contributed by atoms with Gasteiger partial charge in [-0.2, -0.15) is 0 Å². The molecule has 5 heteroatoms. The highest BCUT2D eigenvalue weighted by Gasteiger charge is 1.97. The summed E-state index contributed by atoms with van der Waals surface area (Å²) in [6.07, 6.45) is 1.11. The van der Waals surface area contributed by atoms with Gasteiger partial charge in [-0.25, -0.2) is 4.79 Å². The SMILES string of the molecule is CNC(=O)CNCC(C)=CC(=O)O. The Morgan fingerprint density at radius 2 is 2.00 bits per heavy atom. The molecule has 0 spiro atoms. The van der Waals surface area contributed by atoms with Crippen LogP contribution < -0.4 is 10.6 Å². The minimum atomic E-state index is -0.973. The molecular weight excluding hydrogens is 172 g/mol. The average molecular weight is 186 g/mol. The fourth-order valence-corrected chi connectivity index (χ4v) is 0.723. The van der Waals surface area contributed by atoms with Crippen LogP contribution in [0.4, 0.5) is 0 Å². The van der Waals surface area contributed by atoms with Gasteiger partial charge in [-0.15, -0.1) is 0 Å². The molecule has 0 rings (SSSR count). The molecule has 0 aromatic rings. The third-order valence-electron chi connectivity index (χ3n) is 1.34. The van der Waals surface area contributed by atoms with Crippen molar-refractivity contribution < 1.29 is 14.7 Å². The molecule has 3 N–H and O–H groups in total. The van der Waals surface area contributed by atoms with Gasteiger partial charge in [0.25, 0.3) is 0 Å². The molecule has 0 saturated carbocycles. The summed E-state index contributed by atoms with van der Waals surface area (Å²) in [6, 6.07) is 0. The third kappa shape index (κ3) is 7.02. The van der Waals surface area contributed by atoms with Crippen LogP contribution >= 0.6 is 0 Å².